The van der Waals surface area contributed by atoms with Gasteiger partial charge in [-0.1, -0.05) is 23.7 Å². The fraction of sp³-hybridized carbons (Fsp3) is 0.300. The number of carbonyl (C=O) groups excluding carboxylic acids is 2. The first-order chi connectivity index (χ1) is 13.3. The zero-order valence-electron chi connectivity index (χ0n) is 14.8. The van der Waals surface area contributed by atoms with Crippen LogP contribution in [0.5, 0.6) is 0 Å². The maximum absolute atomic E-state index is 13.0. The van der Waals surface area contributed by atoms with E-state index < -0.39 is 29.6 Å². The van der Waals surface area contributed by atoms with E-state index in [1.54, 1.807) is 30.3 Å². The quantitative estimate of drug-likeness (QED) is 0.704. The number of likely N-dealkylation sites (tertiary alicyclic amines) is 1. The molecule has 3 rings (SSSR count). The van der Waals surface area contributed by atoms with E-state index in [0.717, 1.165) is 18.6 Å². The molecular weight excluding hydrogens is 393 g/mol. The van der Waals surface area contributed by atoms with Crippen molar-refractivity contribution in [3.8, 4) is 0 Å². The SMILES string of the molecule is O=C(Nc1ccc(Cl)cc1)C(=O)N1CCCCC1c1cccc(C(F)(F)F)c1. The minimum absolute atomic E-state index is 0.313. The van der Waals surface area contributed by atoms with E-state index in [1.165, 1.54) is 11.0 Å². The van der Waals surface area contributed by atoms with Crippen molar-refractivity contribution in [1.82, 2.24) is 4.90 Å². The Morgan fingerprint density at radius 3 is 2.46 bits per heavy atom. The van der Waals surface area contributed by atoms with Crippen LogP contribution in [0.15, 0.2) is 48.5 Å². The summed E-state index contributed by atoms with van der Waals surface area (Å²) in [7, 11) is 0. The molecule has 1 unspecified atom stereocenters. The van der Waals surface area contributed by atoms with Gasteiger partial charge in [-0.3, -0.25) is 9.59 Å². The van der Waals surface area contributed by atoms with Gasteiger partial charge in [-0.25, -0.2) is 0 Å². The van der Waals surface area contributed by atoms with Gasteiger partial charge in [-0.15, -0.1) is 0 Å². The van der Waals surface area contributed by atoms with Gasteiger partial charge in [0.15, 0.2) is 0 Å². The first-order valence-corrected chi connectivity index (χ1v) is 9.18. The standard InChI is InChI=1S/C20H18ClF3N2O2/c21-15-7-9-16(10-8-15)25-18(27)19(28)26-11-2-1-6-17(26)13-4-3-5-14(12-13)20(22,23)24/h3-5,7-10,12,17H,1-2,6,11H2,(H,25,27). The Morgan fingerprint density at radius 2 is 1.79 bits per heavy atom. The van der Waals surface area contributed by atoms with Crippen molar-refractivity contribution in [2.75, 3.05) is 11.9 Å². The first-order valence-electron chi connectivity index (χ1n) is 8.80. The number of hydrogen-bond acceptors (Lipinski definition) is 2. The number of anilines is 1. The smallest absolute Gasteiger partial charge is 0.327 e. The van der Waals surface area contributed by atoms with E-state index in [4.69, 9.17) is 11.6 Å². The van der Waals surface area contributed by atoms with Gasteiger partial charge in [0.25, 0.3) is 0 Å². The van der Waals surface area contributed by atoms with Crippen LogP contribution >= 0.6 is 11.6 Å². The van der Waals surface area contributed by atoms with Gasteiger partial charge in [-0.05, 0) is 61.2 Å². The molecule has 1 fully saturated rings. The minimum Gasteiger partial charge on any atom is -0.327 e. The van der Waals surface area contributed by atoms with Gasteiger partial charge in [0.2, 0.25) is 0 Å². The highest BCUT2D eigenvalue weighted by atomic mass is 35.5. The van der Waals surface area contributed by atoms with Crippen LogP contribution in [-0.2, 0) is 15.8 Å². The number of alkyl halides is 3. The molecule has 2 amide bonds. The van der Waals surface area contributed by atoms with Crippen LogP contribution < -0.4 is 5.32 Å². The van der Waals surface area contributed by atoms with E-state index >= 15 is 0 Å². The molecular formula is C20H18ClF3N2O2. The zero-order chi connectivity index (χ0) is 20.3. The van der Waals surface area contributed by atoms with Crippen molar-refractivity contribution in [2.24, 2.45) is 0 Å². The van der Waals surface area contributed by atoms with Crippen LogP contribution in [0.4, 0.5) is 18.9 Å². The predicted molar refractivity (Wildman–Crippen MR) is 99.8 cm³/mol. The number of rotatable bonds is 2. The normalized spacial score (nSPS) is 17.3. The molecule has 1 atom stereocenters. The first kappa shape index (κ1) is 20.2. The molecule has 1 aliphatic heterocycles. The third-order valence-electron chi connectivity index (χ3n) is 4.66. The molecule has 0 spiro atoms. The summed E-state index contributed by atoms with van der Waals surface area (Å²) in [5.41, 5.74) is 0.0196. The van der Waals surface area contributed by atoms with Gasteiger partial charge < -0.3 is 10.2 Å². The molecule has 4 nitrogen and oxygen atoms in total. The molecule has 0 aliphatic carbocycles. The average Bonchev–Trinajstić information content (AvgIpc) is 2.68. The predicted octanol–water partition coefficient (Wildman–Crippen LogP) is 5.05. The summed E-state index contributed by atoms with van der Waals surface area (Å²) in [5, 5.41) is 3.00. The molecule has 28 heavy (non-hydrogen) atoms. The summed E-state index contributed by atoms with van der Waals surface area (Å²) in [6.07, 6.45) is -2.51. The van der Waals surface area contributed by atoms with Crippen molar-refractivity contribution >= 4 is 29.1 Å². The maximum atomic E-state index is 13.0. The lowest BCUT2D eigenvalue weighted by Crippen LogP contribution is -2.44. The van der Waals surface area contributed by atoms with Gasteiger partial charge in [0, 0.05) is 17.3 Å². The van der Waals surface area contributed by atoms with Crippen molar-refractivity contribution < 1.29 is 22.8 Å². The summed E-state index contributed by atoms with van der Waals surface area (Å²) in [4.78, 5) is 26.4. The fourth-order valence-corrected chi connectivity index (χ4v) is 3.42. The molecule has 1 heterocycles. The van der Waals surface area contributed by atoms with Crippen LogP contribution in [0, 0.1) is 0 Å². The number of hydrogen-bond donors (Lipinski definition) is 1. The Kier molecular flexibility index (Phi) is 5.93. The lowest BCUT2D eigenvalue weighted by molar-refractivity contribution is -0.145. The Morgan fingerprint density at radius 1 is 1.07 bits per heavy atom. The second-order valence-corrected chi connectivity index (χ2v) is 7.03. The van der Waals surface area contributed by atoms with Gasteiger partial charge >= 0.3 is 18.0 Å². The highest BCUT2D eigenvalue weighted by Crippen LogP contribution is 2.35. The van der Waals surface area contributed by atoms with E-state index in [2.05, 4.69) is 5.32 Å². The topological polar surface area (TPSA) is 49.4 Å². The van der Waals surface area contributed by atoms with Crippen LogP contribution in [-0.4, -0.2) is 23.3 Å². The largest absolute Gasteiger partial charge is 0.416 e. The second kappa shape index (κ2) is 8.22. The monoisotopic (exact) mass is 410 g/mol. The molecule has 8 heteroatoms. The van der Waals surface area contributed by atoms with Gasteiger partial charge in [-0.2, -0.15) is 13.2 Å². The Labute approximate surface area is 165 Å². The summed E-state index contributed by atoms with van der Waals surface area (Å²) >= 11 is 5.80. The van der Waals surface area contributed by atoms with E-state index in [1.807, 2.05) is 0 Å². The zero-order valence-corrected chi connectivity index (χ0v) is 15.6. The summed E-state index contributed by atoms with van der Waals surface area (Å²) in [6.45, 7) is 0.313. The molecule has 0 saturated carbocycles. The minimum atomic E-state index is -4.47. The van der Waals surface area contributed by atoms with Crippen LogP contribution in [0.3, 0.4) is 0 Å². The molecule has 1 saturated heterocycles. The third-order valence-corrected chi connectivity index (χ3v) is 4.91. The molecule has 2 aromatic carbocycles. The lowest BCUT2D eigenvalue weighted by atomic mass is 9.94. The molecule has 0 bridgehead atoms. The molecule has 1 aliphatic rings. The highest BCUT2D eigenvalue weighted by molar-refractivity contribution is 6.39. The molecule has 0 radical (unpaired) electrons. The van der Waals surface area contributed by atoms with Crippen molar-refractivity contribution in [3.63, 3.8) is 0 Å². The Bertz CT molecular complexity index is 868. The lowest BCUT2D eigenvalue weighted by Gasteiger charge is -2.35. The second-order valence-electron chi connectivity index (χ2n) is 6.59. The average molecular weight is 411 g/mol. The van der Waals surface area contributed by atoms with Crippen molar-refractivity contribution in [3.05, 3.63) is 64.7 Å². The molecule has 2 aromatic rings. The summed E-state index contributed by atoms with van der Waals surface area (Å²) in [6, 6.07) is 10.6. The third kappa shape index (κ3) is 4.65. The number of benzene rings is 2. The number of amides is 2. The summed E-state index contributed by atoms with van der Waals surface area (Å²) < 4.78 is 39.1. The number of nitrogens with zero attached hydrogens (tertiary/aromatic N) is 1. The number of halogens is 4. The van der Waals surface area contributed by atoms with Crippen LogP contribution in [0.25, 0.3) is 0 Å². The number of piperidine rings is 1. The van der Waals surface area contributed by atoms with Crippen molar-refractivity contribution in [1.29, 1.82) is 0 Å². The Hall–Kier alpha value is -2.54. The molecule has 1 N–H and O–H groups in total. The number of nitrogens with one attached hydrogen (secondary N) is 1. The number of carbonyl (C=O) groups is 2. The van der Waals surface area contributed by atoms with Gasteiger partial charge in [0.05, 0.1) is 11.6 Å². The Balaban J connectivity index is 1.80. The van der Waals surface area contributed by atoms with Gasteiger partial charge in [0.1, 0.15) is 0 Å². The maximum Gasteiger partial charge on any atom is 0.416 e. The van der Waals surface area contributed by atoms with Crippen LogP contribution in [0.1, 0.15) is 36.4 Å². The van der Waals surface area contributed by atoms with Crippen molar-refractivity contribution in [2.45, 2.75) is 31.5 Å². The summed E-state index contributed by atoms with van der Waals surface area (Å²) in [5.74, 6) is -1.60. The van der Waals surface area contributed by atoms with Crippen LogP contribution in [0.2, 0.25) is 5.02 Å². The van der Waals surface area contributed by atoms with E-state index in [0.29, 0.717) is 35.7 Å². The molecule has 0 aromatic heterocycles. The molecule has 148 valence electrons. The highest BCUT2D eigenvalue weighted by Gasteiger charge is 2.34. The van der Waals surface area contributed by atoms with E-state index in [-0.39, 0.29) is 0 Å². The van der Waals surface area contributed by atoms with E-state index in [9.17, 15) is 22.8 Å². The fourth-order valence-electron chi connectivity index (χ4n) is 3.29.